The highest BCUT2D eigenvalue weighted by Crippen LogP contribution is 2.27. The van der Waals surface area contributed by atoms with E-state index in [4.69, 9.17) is 4.74 Å². The second kappa shape index (κ2) is 7.44. The van der Waals surface area contributed by atoms with E-state index in [2.05, 4.69) is 15.7 Å². The maximum Gasteiger partial charge on any atom is 0.315 e. The molecule has 2 N–H and O–H groups in total. The van der Waals surface area contributed by atoms with Gasteiger partial charge in [0.2, 0.25) is 0 Å². The molecule has 0 aliphatic carbocycles. The summed E-state index contributed by atoms with van der Waals surface area (Å²) in [5.41, 5.74) is 1.75. The molecule has 0 unspecified atom stereocenters. The molecule has 2 heterocycles. The van der Waals surface area contributed by atoms with Gasteiger partial charge >= 0.3 is 6.03 Å². The summed E-state index contributed by atoms with van der Waals surface area (Å²) in [5, 5.41) is 9.83. The highest BCUT2D eigenvalue weighted by Gasteiger charge is 2.28. The lowest BCUT2D eigenvalue weighted by atomic mass is 9.99. The Kier molecular flexibility index (Phi) is 5.10. The molecule has 0 spiro atoms. The van der Waals surface area contributed by atoms with Crippen molar-refractivity contribution < 1.29 is 13.9 Å². The first kappa shape index (κ1) is 16.4. The number of hydrogen-bond donors (Lipinski definition) is 2. The normalized spacial score (nSPS) is 18.3. The zero-order valence-electron chi connectivity index (χ0n) is 13.5. The smallest absolute Gasteiger partial charge is 0.315 e. The molecule has 0 saturated carbocycles. The fourth-order valence-corrected chi connectivity index (χ4v) is 2.86. The summed E-state index contributed by atoms with van der Waals surface area (Å²) >= 11 is 0. The number of aryl methyl sites for hydroxylation is 1. The van der Waals surface area contributed by atoms with Gasteiger partial charge in [0, 0.05) is 32.0 Å². The Morgan fingerprint density at radius 3 is 2.88 bits per heavy atom. The molecule has 1 saturated heterocycles. The van der Waals surface area contributed by atoms with E-state index in [9.17, 15) is 9.18 Å². The molecule has 6 nitrogen and oxygen atoms in total. The lowest BCUT2D eigenvalue weighted by molar-refractivity contribution is 0.0807. The molecule has 2 amide bonds. The highest BCUT2D eigenvalue weighted by molar-refractivity contribution is 5.74. The monoisotopic (exact) mass is 332 g/mol. The summed E-state index contributed by atoms with van der Waals surface area (Å²) in [5.74, 6) is -0.300. The van der Waals surface area contributed by atoms with Crippen LogP contribution in [0.3, 0.4) is 0 Å². The molecule has 7 heteroatoms. The Balaban J connectivity index is 1.64. The minimum Gasteiger partial charge on any atom is -0.376 e. The Morgan fingerprint density at radius 2 is 2.25 bits per heavy atom. The molecule has 1 aromatic carbocycles. The molecule has 1 aliphatic heterocycles. The van der Waals surface area contributed by atoms with E-state index in [-0.39, 0.29) is 24.0 Å². The van der Waals surface area contributed by atoms with Crippen LogP contribution in [-0.2, 0) is 18.3 Å². The highest BCUT2D eigenvalue weighted by atomic mass is 19.1. The predicted molar refractivity (Wildman–Crippen MR) is 86.7 cm³/mol. The minimum absolute atomic E-state index is 0.0976. The van der Waals surface area contributed by atoms with Crippen LogP contribution in [0.1, 0.15) is 30.0 Å². The molecule has 2 atom stereocenters. The number of halogens is 1. The molecule has 1 aromatic heterocycles. The van der Waals surface area contributed by atoms with E-state index in [0.29, 0.717) is 13.2 Å². The van der Waals surface area contributed by atoms with Crippen molar-refractivity contribution in [3.8, 4) is 0 Å². The standard InChI is InChI=1S/C17H21FN4O2/c1-22-11-12(10-20-22)9-19-17(23)21-16(15-3-2-8-24-15)13-4-6-14(18)7-5-13/h4-7,10-11,15-16H,2-3,8-9H2,1H3,(H2,19,21,23)/t15-,16-/m1/s1. The van der Waals surface area contributed by atoms with Gasteiger partial charge in [0.15, 0.2) is 0 Å². The quantitative estimate of drug-likeness (QED) is 0.883. The second-order valence-corrected chi connectivity index (χ2v) is 5.93. The van der Waals surface area contributed by atoms with E-state index < -0.39 is 0 Å². The third-order valence-corrected chi connectivity index (χ3v) is 4.06. The van der Waals surface area contributed by atoms with Gasteiger partial charge in [-0.2, -0.15) is 5.10 Å². The molecule has 1 aliphatic rings. The van der Waals surface area contributed by atoms with E-state index in [0.717, 1.165) is 24.0 Å². The lowest BCUT2D eigenvalue weighted by Crippen LogP contribution is -2.41. The number of carbonyl (C=O) groups excluding carboxylic acids is 1. The summed E-state index contributed by atoms with van der Waals surface area (Å²) in [6.07, 6.45) is 5.28. The van der Waals surface area contributed by atoms with Gasteiger partial charge in [-0.1, -0.05) is 12.1 Å². The lowest BCUT2D eigenvalue weighted by Gasteiger charge is -2.25. The van der Waals surface area contributed by atoms with Crippen molar-refractivity contribution >= 4 is 6.03 Å². The van der Waals surface area contributed by atoms with Crippen LogP contribution < -0.4 is 10.6 Å². The zero-order chi connectivity index (χ0) is 16.9. The number of aromatic nitrogens is 2. The molecule has 1 fully saturated rings. The van der Waals surface area contributed by atoms with Crippen LogP contribution in [-0.4, -0.2) is 28.5 Å². The van der Waals surface area contributed by atoms with Crippen molar-refractivity contribution in [1.82, 2.24) is 20.4 Å². The molecule has 2 aromatic rings. The summed E-state index contributed by atoms with van der Waals surface area (Å²) in [7, 11) is 1.82. The van der Waals surface area contributed by atoms with Gasteiger partial charge in [0.25, 0.3) is 0 Å². The molecule has 0 radical (unpaired) electrons. The van der Waals surface area contributed by atoms with E-state index >= 15 is 0 Å². The molecule has 0 bridgehead atoms. The average Bonchev–Trinajstić information content (AvgIpc) is 3.23. The summed E-state index contributed by atoms with van der Waals surface area (Å²) in [4.78, 5) is 12.3. The third-order valence-electron chi connectivity index (χ3n) is 4.06. The first-order valence-electron chi connectivity index (χ1n) is 8.01. The fraction of sp³-hybridized carbons (Fsp3) is 0.412. The third kappa shape index (κ3) is 4.11. The minimum atomic E-state index is -0.304. The van der Waals surface area contributed by atoms with E-state index in [1.165, 1.54) is 12.1 Å². The number of amides is 2. The number of ether oxygens (including phenoxy) is 1. The molecule has 3 rings (SSSR count). The van der Waals surface area contributed by atoms with Crippen LogP contribution in [0.2, 0.25) is 0 Å². The van der Waals surface area contributed by atoms with Crippen molar-refractivity contribution in [2.24, 2.45) is 7.05 Å². The van der Waals surface area contributed by atoms with Crippen LogP contribution in [0, 0.1) is 5.82 Å². The van der Waals surface area contributed by atoms with Crippen molar-refractivity contribution in [1.29, 1.82) is 0 Å². The van der Waals surface area contributed by atoms with E-state index in [1.807, 2.05) is 13.2 Å². The number of nitrogens with one attached hydrogen (secondary N) is 2. The van der Waals surface area contributed by atoms with Gasteiger partial charge in [-0.15, -0.1) is 0 Å². The fourth-order valence-electron chi connectivity index (χ4n) is 2.86. The van der Waals surface area contributed by atoms with Gasteiger partial charge in [0.05, 0.1) is 18.3 Å². The van der Waals surface area contributed by atoms with Crippen molar-refractivity contribution in [3.63, 3.8) is 0 Å². The molecule has 24 heavy (non-hydrogen) atoms. The number of carbonyl (C=O) groups is 1. The summed E-state index contributed by atoms with van der Waals surface area (Å²) in [6, 6.07) is 5.57. The second-order valence-electron chi connectivity index (χ2n) is 5.93. The number of nitrogens with zero attached hydrogens (tertiary/aromatic N) is 2. The topological polar surface area (TPSA) is 68.2 Å². The van der Waals surface area contributed by atoms with Gasteiger partial charge < -0.3 is 15.4 Å². The largest absolute Gasteiger partial charge is 0.376 e. The van der Waals surface area contributed by atoms with Crippen LogP contribution in [0.25, 0.3) is 0 Å². The number of urea groups is 1. The zero-order valence-corrected chi connectivity index (χ0v) is 13.5. The summed E-state index contributed by atoms with van der Waals surface area (Å²) < 4.78 is 20.6. The number of hydrogen-bond acceptors (Lipinski definition) is 3. The Morgan fingerprint density at radius 1 is 1.46 bits per heavy atom. The average molecular weight is 332 g/mol. The first-order valence-corrected chi connectivity index (χ1v) is 8.01. The van der Waals surface area contributed by atoms with Crippen LogP contribution in [0.4, 0.5) is 9.18 Å². The van der Waals surface area contributed by atoms with Gasteiger partial charge in [-0.3, -0.25) is 4.68 Å². The maximum absolute atomic E-state index is 13.2. The molecular formula is C17H21FN4O2. The molecule has 128 valence electrons. The van der Waals surface area contributed by atoms with Crippen LogP contribution >= 0.6 is 0 Å². The predicted octanol–water partition coefficient (Wildman–Crippen LogP) is 2.28. The van der Waals surface area contributed by atoms with E-state index in [1.54, 1.807) is 23.0 Å². The van der Waals surface area contributed by atoms with Crippen LogP contribution in [0.15, 0.2) is 36.7 Å². The Hall–Kier alpha value is -2.41. The van der Waals surface area contributed by atoms with Gasteiger partial charge in [0.1, 0.15) is 5.82 Å². The van der Waals surface area contributed by atoms with Crippen LogP contribution in [0.5, 0.6) is 0 Å². The Bertz CT molecular complexity index is 680. The number of benzene rings is 1. The van der Waals surface area contributed by atoms with Crippen molar-refractivity contribution in [2.45, 2.75) is 31.5 Å². The summed E-state index contributed by atoms with van der Waals surface area (Å²) in [6.45, 7) is 1.07. The van der Waals surface area contributed by atoms with Gasteiger partial charge in [-0.25, -0.2) is 9.18 Å². The Labute approximate surface area is 140 Å². The number of rotatable bonds is 5. The first-order chi connectivity index (χ1) is 11.6. The van der Waals surface area contributed by atoms with Crippen molar-refractivity contribution in [2.75, 3.05) is 6.61 Å². The van der Waals surface area contributed by atoms with Gasteiger partial charge in [-0.05, 0) is 30.5 Å². The maximum atomic E-state index is 13.2. The van der Waals surface area contributed by atoms with Crippen molar-refractivity contribution in [3.05, 3.63) is 53.6 Å². The SMILES string of the molecule is Cn1cc(CNC(=O)N[C@H](c2ccc(F)cc2)[C@H]2CCCO2)cn1. The molecular weight excluding hydrogens is 311 g/mol.